The van der Waals surface area contributed by atoms with Crippen LogP contribution in [0.15, 0.2) is 36.5 Å². The monoisotopic (exact) mass is 271 g/mol. The number of hydrogen-bond donors (Lipinski definition) is 1. The maximum absolute atomic E-state index is 13.5. The van der Waals surface area contributed by atoms with Crippen molar-refractivity contribution in [2.45, 2.75) is 12.8 Å². The van der Waals surface area contributed by atoms with E-state index >= 15 is 0 Å². The van der Waals surface area contributed by atoms with Crippen LogP contribution in [0.5, 0.6) is 0 Å². The number of aliphatic hydroxyl groups is 1. The first-order valence-electron chi connectivity index (χ1n) is 5.35. The maximum atomic E-state index is 13.5. The zero-order chi connectivity index (χ0) is 14.0. The number of benzene rings is 1. The third-order valence-electron chi connectivity index (χ3n) is 2.61. The summed E-state index contributed by atoms with van der Waals surface area (Å²) in [5.41, 5.74) is -1.49. The van der Waals surface area contributed by atoms with E-state index in [0.717, 1.165) is 18.3 Å². The van der Waals surface area contributed by atoms with Crippen LogP contribution in [0.25, 0.3) is 11.1 Å². The van der Waals surface area contributed by atoms with Crippen molar-refractivity contribution in [1.82, 2.24) is 4.98 Å². The highest BCUT2D eigenvalue weighted by Gasteiger charge is 2.34. The van der Waals surface area contributed by atoms with Crippen LogP contribution in [0.1, 0.15) is 11.3 Å². The van der Waals surface area contributed by atoms with Gasteiger partial charge < -0.3 is 5.11 Å². The van der Waals surface area contributed by atoms with Gasteiger partial charge in [-0.05, 0) is 12.1 Å². The molecule has 1 aromatic carbocycles. The van der Waals surface area contributed by atoms with Gasteiger partial charge in [0, 0.05) is 17.3 Å². The van der Waals surface area contributed by atoms with E-state index in [0.29, 0.717) is 0 Å². The number of aliphatic hydroxyl groups excluding tert-OH is 1. The zero-order valence-electron chi connectivity index (χ0n) is 9.58. The van der Waals surface area contributed by atoms with Crippen LogP contribution in [0, 0.1) is 5.82 Å². The van der Waals surface area contributed by atoms with Gasteiger partial charge in [0.1, 0.15) is 5.82 Å². The molecule has 1 heterocycles. The number of aromatic nitrogens is 1. The summed E-state index contributed by atoms with van der Waals surface area (Å²) in [5.74, 6) is -0.630. The second-order valence-corrected chi connectivity index (χ2v) is 3.85. The van der Waals surface area contributed by atoms with E-state index in [1.54, 1.807) is 0 Å². The van der Waals surface area contributed by atoms with E-state index in [9.17, 15) is 17.6 Å². The molecular weight excluding hydrogens is 262 g/mol. The molecule has 2 aromatic rings. The second kappa shape index (κ2) is 4.97. The Bertz CT molecular complexity index is 595. The molecule has 1 N–H and O–H groups in total. The molecule has 0 unspecified atom stereocenters. The molecule has 2 nitrogen and oxygen atoms in total. The molecule has 19 heavy (non-hydrogen) atoms. The molecule has 0 saturated carbocycles. The smallest absolute Gasteiger partial charge is 0.390 e. The largest absolute Gasteiger partial charge is 0.418 e. The molecule has 2 rings (SSSR count). The van der Waals surface area contributed by atoms with E-state index < -0.39 is 29.9 Å². The van der Waals surface area contributed by atoms with E-state index in [-0.39, 0.29) is 11.1 Å². The molecule has 1 aromatic heterocycles. The normalized spacial score (nSPS) is 11.6. The summed E-state index contributed by atoms with van der Waals surface area (Å²) in [6, 6.07) is 6.27. The summed E-state index contributed by atoms with van der Waals surface area (Å²) in [6.45, 7) is -0.827. The van der Waals surface area contributed by atoms with Crippen LogP contribution in [-0.2, 0) is 12.8 Å². The fourth-order valence-corrected chi connectivity index (χ4v) is 1.71. The fourth-order valence-electron chi connectivity index (χ4n) is 1.71. The Kier molecular flexibility index (Phi) is 3.53. The molecular formula is C13H9F4NO. The van der Waals surface area contributed by atoms with Crippen molar-refractivity contribution < 1.29 is 22.7 Å². The molecule has 0 bridgehead atoms. The van der Waals surface area contributed by atoms with Gasteiger partial charge in [0.2, 0.25) is 0 Å². The summed E-state index contributed by atoms with van der Waals surface area (Å²) < 4.78 is 51.9. The van der Waals surface area contributed by atoms with Gasteiger partial charge in [-0.1, -0.05) is 18.2 Å². The molecule has 0 spiro atoms. The highest BCUT2D eigenvalue weighted by atomic mass is 19.4. The molecule has 0 aliphatic carbocycles. The van der Waals surface area contributed by atoms with Crippen LogP contribution in [0.4, 0.5) is 17.6 Å². The minimum atomic E-state index is -4.65. The Morgan fingerprint density at radius 1 is 1.16 bits per heavy atom. The third-order valence-corrected chi connectivity index (χ3v) is 2.61. The number of hydrogen-bond acceptors (Lipinski definition) is 2. The minimum Gasteiger partial charge on any atom is -0.390 e. The molecule has 0 amide bonds. The first-order valence-corrected chi connectivity index (χ1v) is 5.35. The zero-order valence-corrected chi connectivity index (χ0v) is 9.58. The van der Waals surface area contributed by atoms with Crippen LogP contribution < -0.4 is 0 Å². The summed E-state index contributed by atoms with van der Waals surface area (Å²) in [4.78, 5) is 3.54. The van der Waals surface area contributed by atoms with E-state index in [1.165, 1.54) is 18.2 Å². The Labute approximate surface area is 106 Å². The Balaban J connectivity index is 2.59. The molecule has 100 valence electrons. The predicted octanol–water partition coefficient (Wildman–Crippen LogP) is 3.40. The van der Waals surface area contributed by atoms with Gasteiger partial charge in [0.15, 0.2) is 0 Å². The number of nitrogens with zero attached hydrogens (tertiary/aromatic N) is 1. The van der Waals surface area contributed by atoms with Crippen LogP contribution in [-0.4, -0.2) is 10.1 Å². The van der Waals surface area contributed by atoms with Gasteiger partial charge in [-0.25, -0.2) is 4.39 Å². The fraction of sp³-hybridized carbons (Fsp3) is 0.154. The van der Waals surface area contributed by atoms with Gasteiger partial charge in [0.25, 0.3) is 0 Å². The SMILES string of the molecule is OCc1ncc(-c2ccccc2F)cc1C(F)(F)F. The lowest BCUT2D eigenvalue weighted by atomic mass is 10.0. The lowest BCUT2D eigenvalue weighted by Crippen LogP contribution is -2.11. The standard InChI is InChI=1S/C13H9F4NO/c14-11-4-2-1-3-9(11)8-5-10(13(15,16)17)12(7-19)18-6-8/h1-6,19H,7H2. The van der Waals surface area contributed by atoms with Crippen LogP contribution >= 0.6 is 0 Å². The van der Waals surface area contributed by atoms with Gasteiger partial charge in [-0.3, -0.25) is 4.98 Å². The molecule has 0 radical (unpaired) electrons. The van der Waals surface area contributed by atoms with Gasteiger partial charge in [-0.2, -0.15) is 13.2 Å². The first kappa shape index (κ1) is 13.5. The van der Waals surface area contributed by atoms with Crippen LogP contribution in [0.2, 0.25) is 0 Å². The third kappa shape index (κ3) is 2.73. The Hall–Kier alpha value is -1.95. The molecule has 6 heteroatoms. The minimum absolute atomic E-state index is 0.0163. The number of rotatable bonds is 2. The van der Waals surface area contributed by atoms with Crippen molar-refractivity contribution >= 4 is 0 Å². The summed E-state index contributed by atoms with van der Waals surface area (Å²) in [5, 5.41) is 8.86. The van der Waals surface area contributed by atoms with Crippen molar-refractivity contribution in [3.05, 3.63) is 53.6 Å². The Morgan fingerprint density at radius 3 is 2.42 bits per heavy atom. The van der Waals surface area contributed by atoms with Crippen molar-refractivity contribution in [2.75, 3.05) is 0 Å². The van der Waals surface area contributed by atoms with E-state index in [4.69, 9.17) is 5.11 Å². The molecule has 0 saturated heterocycles. The molecule has 0 aliphatic rings. The average molecular weight is 271 g/mol. The average Bonchev–Trinajstić information content (AvgIpc) is 2.37. The van der Waals surface area contributed by atoms with Crippen LogP contribution in [0.3, 0.4) is 0 Å². The summed E-state index contributed by atoms with van der Waals surface area (Å²) in [7, 11) is 0. The predicted molar refractivity (Wildman–Crippen MR) is 60.6 cm³/mol. The molecule has 0 fully saturated rings. The van der Waals surface area contributed by atoms with Crippen molar-refractivity contribution in [2.24, 2.45) is 0 Å². The topological polar surface area (TPSA) is 33.1 Å². The number of halogens is 4. The highest BCUT2D eigenvalue weighted by Crippen LogP contribution is 2.34. The van der Waals surface area contributed by atoms with E-state index in [1.807, 2.05) is 0 Å². The lowest BCUT2D eigenvalue weighted by Gasteiger charge is -2.12. The van der Waals surface area contributed by atoms with Gasteiger partial charge in [0.05, 0.1) is 17.9 Å². The van der Waals surface area contributed by atoms with Crippen molar-refractivity contribution in [3.63, 3.8) is 0 Å². The van der Waals surface area contributed by atoms with Crippen molar-refractivity contribution in [1.29, 1.82) is 0 Å². The van der Waals surface area contributed by atoms with E-state index in [2.05, 4.69) is 4.98 Å². The quantitative estimate of drug-likeness (QED) is 0.849. The number of alkyl halides is 3. The molecule has 0 aliphatic heterocycles. The lowest BCUT2D eigenvalue weighted by molar-refractivity contribution is -0.139. The van der Waals surface area contributed by atoms with Crippen molar-refractivity contribution in [3.8, 4) is 11.1 Å². The molecule has 0 atom stereocenters. The summed E-state index contributed by atoms with van der Waals surface area (Å²) >= 11 is 0. The Morgan fingerprint density at radius 2 is 1.84 bits per heavy atom. The highest BCUT2D eigenvalue weighted by molar-refractivity contribution is 5.64. The second-order valence-electron chi connectivity index (χ2n) is 3.85. The van der Waals surface area contributed by atoms with Gasteiger partial charge >= 0.3 is 6.18 Å². The van der Waals surface area contributed by atoms with Gasteiger partial charge in [-0.15, -0.1) is 0 Å². The maximum Gasteiger partial charge on any atom is 0.418 e. The first-order chi connectivity index (χ1) is 8.93. The number of pyridine rings is 1. The summed E-state index contributed by atoms with van der Waals surface area (Å²) in [6.07, 6.45) is -3.54.